The summed E-state index contributed by atoms with van der Waals surface area (Å²) in [5.41, 5.74) is 1.60. The molecule has 16 heavy (non-hydrogen) atoms. The normalized spacial score (nSPS) is 18.2. The van der Waals surface area contributed by atoms with Gasteiger partial charge in [-0.25, -0.2) is 0 Å². The second-order valence-corrected chi connectivity index (χ2v) is 3.71. The quantitative estimate of drug-likeness (QED) is 0.707. The first kappa shape index (κ1) is 10.8. The highest BCUT2D eigenvalue weighted by Crippen LogP contribution is 2.30. The molecule has 1 aromatic carbocycles. The van der Waals surface area contributed by atoms with Gasteiger partial charge in [0.25, 0.3) is 0 Å². The predicted molar refractivity (Wildman–Crippen MR) is 57.5 cm³/mol. The van der Waals surface area contributed by atoms with Crippen LogP contribution in [0.1, 0.15) is 12.0 Å². The molecule has 1 atom stereocenters. The zero-order valence-corrected chi connectivity index (χ0v) is 8.64. The molecular formula is C11H13NO4. The maximum absolute atomic E-state index is 10.5. The first-order valence-electron chi connectivity index (χ1n) is 5.05. The number of nitrogens with one attached hydrogen (secondary N) is 1. The molecule has 0 unspecified atom stereocenters. The van der Waals surface area contributed by atoms with Crippen LogP contribution in [0.3, 0.4) is 0 Å². The number of aliphatic carboxylic acids is 1. The molecule has 0 saturated carbocycles. The topological polar surface area (TPSA) is 78.8 Å². The summed E-state index contributed by atoms with van der Waals surface area (Å²) in [4.78, 5) is 10.5. The Kier molecular flexibility index (Phi) is 2.96. The van der Waals surface area contributed by atoms with Gasteiger partial charge < -0.3 is 20.3 Å². The van der Waals surface area contributed by atoms with Crippen molar-refractivity contribution in [3.05, 3.63) is 23.8 Å². The molecular weight excluding hydrogens is 210 g/mol. The third-order valence-electron chi connectivity index (χ3n) is 2.44. The monoisotopic (exact) mass is 223 g/mol. The lowest BCUT2D eigenvalue weighted by Crippen LogP contribution is -2.32. The van der Waals surface area contributed by atoms with Crippen LogP contribution in [0.5, 0.6) is 5.75 Å². The molecule has 86 valence electrons. The fourth-order valence-electron chi connectivity index (χ4n) is 1.67. The Morgan fingerprint density at radius 1 is 1.56 bits per heavy atom. The Morgan fingerprint density at radius 2 is 2.38 bits per heavy atom. The van der Waals surface area contributed by atoms with Crippen LogP contribution in [0.25, 0.3) is 0 Å². The number of fused-ring (bicyclic) bond motifs is 1. The number of anilines is 1. The Hall–Kier alpha value is -1.75. The number of benzene rings is 1. The number of carboxylic acids is 1. The Labute approximate surface area is 92.7 Å². The highest BCUT2D eigenvalue weighted by Gasteiger charge is 2.21. The van der Waals surface area contributed by atoms with E-state index in [0.29, 0.717) is 12.3 Å². The predicted octanol–water partition coefficient (Wildman–Crippen LogP) is 0.827. The van der Waals surface area contributed by atoms with Crippen LogP contribution >= 0.6 is 0 Å². The van der Waals surface area contributed by atoms with Crippen molar-refractivity contribution in [2.45, 2.75) is 19.1 Å². The highest BCUT2D eigenvalue weighted by atomic mass is 16.5. The first-order valence-corrected chi connectivity index (χ1v) is 5.05. The molecule has 0 aliphatic carbocycles. The van der Waals surface area contributed by atoms with Gasteiger partial charge in [-0.05, 0) is 17.7 Å². The minimum atomic E-state index is -0.873. The Balaban J connectivity index is 2.12. The number of hydrogen-bond donors (Lipinski definition) is 3. The van der Waals surface area contributed by atoms with Crippen LogP contribution in [-0.2, 0) is 11.4 Å². The zero-order valence-electron chi connectivity index (χ0n) is 8.64. The van der Waals surface area contributed by atoms with Crippen LogP contribution in [-0.4, -0.2) is 28.8 Å². The van der Waals surface area contributed by atoms with Crippen molar-refractivity contribution < 1.29 is 19.7 Å². The molecule has 0 fully saturated rings. The van der Waals surface area contributed by atoms with Gasteiger partial charge in [-0.15, -0.1) is 0 Å². The van der Waals surface area contributed by atoms with E-state index in [1.165, 1.54) is 0 Å². The fourth-order valence-corrected chi connectivity index (χ4v) is 1.67. The summed E-state index contributed by atoms with van der Waals surface area (Å²) in [7, 11) is 0. The van der Waals surface area contributed by atoms with E-state index in [0.717, 1.165) is 11.3 Å². The van der Waals surface area contributed by atoms with Gasteiger partial charge in [-0.1, -0.05) is 6.07 Å². The molecule has 1 heterocycles. The van der Waals surface area contributed by atoms with E-state index in [1.807, 2.05) is 0 Å². The largest absolute Gasteiger partial charge is 0.486 e. The van der Waals surface area contributed by atoms with Crippen LogP contribution in [0.2, 0.25) is 0 Å². The molecule has 0 radical (unpaired) electrons. The number of rotatable bonds is 3. The molecule has 0 bridgehead atoms. The molecule has 0 aromatic heterocycles. The third kappa shape index (κ3) is 2.25. The fraction of sp³-hybridized carbons (Fsp3) is 0.364. The molecule has 0 amide bonds. The molecule has 1 aliphatic heterocycles. The highest BCUT2D eigenvalue weighted by molar-refractivity contribution is 5.68. The van der Waals surface area contributed by atoms with Gasteiger partial charge in [0.05, 0.1) is 25.3 Å². The second-order valence-electron chi connectivity index (χ2n) is 3.71. The summed E-state index contributed by atoms with van der Waals surface area (Å²) in [6.45, 7) is 0.446. The van der Waals surface area contributed by atoms with Crippen molar-refractivity contribution in [3.63, 3.8) is 0 Å². The molecule has 0 spiro atoms. The minimum absolute atomic E-state index is 0.0197. The van der Waals surface area contributed by atoms with Crippen LogP contribution < -0.4 is 10.1 Å². The molecule has 0 saturated heterocycles. The number of hydrogen-bond acceptors (Lipinski definition) is 4. The van der Waals surface area contributed by atoms with E-state index >= 15 is 0 Å². The zero-order chi connectivity index (χ0) is 11.5. The van der Waals surface area contributed by atoms with Crippen molar-refractivity contribution >= 4 is 11.7 Å². The summed E-state index contributed by atoms with van der Waals surface area (Å²) in [6, 6.07) is 5.29. The summed E-state index contributed by atoms with van der Waals surface area (Å²) >= 11 is 0. The Morgan fingerprint density at radius 3 is 3.06 bits per heavy atom. The second kappa shape index (κ2) is 4.40. The van der Waals surface area contributed by atoms with E-state index in [2.05, 4.69) is 5.32 Å². The summed E-state index contributed by atoms with van der Waals surface area (Å²) in [5.74, 6) is -0.239. The lowest BCUT2D eigenvalue weighted by Gasteiger charge is -2.26. The van der Waals surface area contributed by atoms with Crippen LogP contribution in [0.15, 0.2) is 18.2 Å². The van der Waals surface area contributed by atoms with Gasteiger partial charge in [0.15, 0.2) is 0 Å². The number of aliphatic hydroxyl groups is 1. The van der Waals surface area contributed by atoms with Crippen molar-refractivity contribution in [2.24, 2.45) is 0 Å². The Bertz CT molecular complexity index is 405. The molecule has 1 aliphatic rings. The maximum Gasteiger partial charge on any atom is 0.307 e. The lowest BCUT2D eigenvalue weighted by molar-refractivity contribution is -0.138. The minimum Gasteiger partial charge on any atom is -0.486 e. The summed E-state index contributed by atoms with van der Waals surface area (Å²) < 4.78 is 5.52. The summed E-state index contributed by atoms with van der Waals surface area (Å²) in [5, 5.41) is 20.7. The van der Waals surface area contributed by atoms with Gasteiger partial charge in [-0.2, -0.15) is 0 Å². The van der Waals surface area contributed by atoms with E-state index in [4.69, 9.17) is 14.9 Å². The van der Waals surface area contributed by atoms with Crippen LogP contribution in [0.4, 0.5) is 5.69 Å². The smallest absolute Gasteiger partial charge is 0.307 e. The number of carboxylic acid groups (broad SMARTS) is 1. The van der Waals surface area contributed by atoms with Gasteiger partial charge in [-0.3, -0.25) is 4.79 Å². The average molecular weight is 223 g/mol. The molecule has 5 heteroatoms. The summed E-state index contributed by atoms with van der Waals surface area (Å²) in [6.07, 6.45) is -0.362. The molecule has 2 rings (SSSR count). The van der Waals surface area contributed by atoms with E-state index < -0.39 is 5.97 Å². The van der Waals surface area contributed by atoms with Gasteiger partial charge in [0.2, 0.25) is 0 Å². The van der Waals surface area contributed by atoms with Crippen LogP contribution in [0, 0.1) is 0 Å². The SMILES string of the molecule is O=C(O)C[C@H]1CNc2cc(CO)ccc2O1. The first-order chi connectivity index (χ1) is 7.69. The number of ether oxygens (including phenoxy) is 1. The van der Waals surface area contributed by atoms with Gasteiger partial charge in [0.1, 0.15) is 11.9 Å². The van der Waals surface area contributed by atoms with Gasteiger partial charge >= 0.3 is 5.97 Å². The molecule has 5 nitrogen and oxygen atoms in total. The number of aliphatic hydroxyl groups excluding tert-OH is 1. The van der Waals surface area contributed by atoms with Crippen molar-refractivity contribution in [2.75, 3.05) is 11.9 Å². The number of carbonyl (C=O) groups is 1. The van der Waals surface area contributed by atoms with E-state index in [-0.39, 0.29) is 19.1 Å². The third-order valence-corrected chi connectivity index (χ3v) is 2.44. The average Bonchev–Trinajstić information content (AvgIpc) is 2.27. The maximum atomic E-state index is 10.5. The van der Waals surface area contributed by atoms with E-state index in [9.17, 15) is 4.79 Å². The molecule has 3 N–H and O–H groups in total. The van der Waals surface area contributed by atoms with Crippen molar-refractivity contribution in [1.82, 2.24) is 0 Å². The van der Waals surface area contributed by atoms with E-state index in [1.54, 1.807) is 18.2 Å². The molecule has 1 aromatic rings. The lowest BCUT2D eigenvalue weighted by atomic mass is 10.1. The van der Waals surface area contributed by atoms with Crippen molar-refractivity contribution in [1.29, 1.82) is 0 Å². The standard InChI is InChI=1S/C11H13NO4/c13-6-7-1-2-10-9(3-7)12-5-8(16-10)4-11(14)15/h1-3,8,12-13H,4-6H2,(H,14,15)/t8-/m0/s1. The van der Waals surface area contributed by atoms with Crippen molar-refractivity contribution in [3.8, 4) is 5.75 Å². The van der Waals surface area contributed by atoms with Gasteiger partial charge in [0, 0.05) is 0 Å².